The Labute approximate surface area is 99.2 Å². The second-order valence-corrected chi connectivity index (χ2v) is 4.32. The van der Waals surface area contributed by atoms with Gasteiger partial charge in [-0.2, -0.15) is 0 Å². The minimum absolute atomic E-state index is 0.151. The predicted molar refractivity (Wildman–Crippen MR) is 63.0 cm³/mol. The highest BCUT2D eigenvalue weighted by Crippen LogP contribution is 2.13. The molecule has 0 spiro atoms. The van der Waals surface area contributed by atoms with E-state index in [0.29, 0.717) is 12.2 Å². The molecule has 0 aliphatic carbocycles. The number of aromatic nitrogens is 1. The number of carbonyl (C=O) groups excluding carboxylic acids is 1. The fourth-order valence-electron chi connectivity index (χ4n) is 1.95. The molecule has 0 saturated carbocycles. The van der Waals surface area contributed by atoms with E-state index in [4.69, 9.17) is 4.74 Å². The molecule has 2 N–H and O–H groups in total. The van der Waals surface area contributed by atoms with E-state index in [0.717, 1.165) is 12.8 Å². The molecule has 17 heavy (non-hydrogen) atoms. The summed E-state index contributed by atoms with van der Waals surface area (Å²) >= 11 is 0. The number of ether oxygens (including phenoxy) is 1. The molecule has 1 fully saturated rings. The van der Waals surface area contributed by atoms with Gasteiger partial charge in [-0.05, 0) is 25.8 Å². The molecule has 2 heterocycles. The Hall–Kier alpha value is -1.62. The molecule has 2 rings (SSSR count). The van der Waals surface area contributed by atoms with Gasteiger partial charge in [-0.15, -0.1) is 0 Å². The predicted octanol–water partition coefficient (Wildman–Crippen LogP) is 0.672. The van der Waals surface area contributed by atoms with E-state index >= 15 is 0 Å². The van der Waals surface area contributed by atoms with Crippen LogP contribution in [0.25, 0.3) is 0 Å². The first-order valence-corrected chi connectivity index (χ1v) is 5.76. The molecular formula is C12H16N2O3. The monoisotopic (exact) mass is 236 g/mol. The molecule has 1 aromatic heterocycles. The molecular weight excluding hydrogens is 220 g/mol. The summed E-state index contributed by atoms with van der Waals surface area (Å²) < 4.78 is 5.41. The van der Waals surface area contributed by atoms with Crippen molar-refractivity contribution in [1.82, 2.24) is 10.3 Å². The van der Waals surface area contributed by atoms with Crippen LogP contribution >= 0.6 is 0 Å². The Bertz CT molecular complexity index is 435. The Balaban J connectivity index is 1.96. The van der Waals surface area contributed by atoms with Crippen LogP contribution in [0.5, 0.6) is 0 Å². The fourth-order valence-corrected chi connectivity index (χ4v) is 1.95. The van der Waals surface area contributed by atoms with Gasteiger partial charge < -0.3 is 15.0 Å². The summed E-state index contributed by atoms with van der Waals surface area (Å²) in [5.74, 6) is -0.152. The standard InChI is InChI=1S/C12H16N2O3/c1-8-6-10(4-5-17-8)14-12(16)9-2-3-11(15)13-7-9/h2-3,7-8,10H,4-6H2,1H3,(H,13,15)(H,14,16). The zero-order valence-corrected chi connectivity index (χ0v) is 9.73. The highest BCUT2D eigenvalue weighted by molar-refractivity contribution is 5.93. The highest BCUT2D eigenvalue weighted by Gasteiger charge is 2.21. The summed E-state index contributed by atoms with van der Waals surface area (Å²) in [4.78, 5) is 25.2. The number of rotatable bonds is 2. The largest absolute Gasteiger partial charge is 0.378 e. The highest BCUT2D eigenvalue weighted by atomic mass is 16.5. The third-order valence-electron chi connectivity index (χ3n) is 2.87. The maximum atomic E-state index is 11.9. The quantitative estimate of drug-likeness (QED) is 0.793. The Morgan fingerprint density at radius 3 is 3.00 bits per heavy atom. The molecule has 0 aromatic carbocycles. The lowest BCUT2D eigenvalue weighted by Gasteiger charge is -2.27. The van der Waals surface area contributed by atoms with Crippen LogP contribution in [-0.2, 0) is 4.74 Å². The molecule has 92 valence electrons. The van der Waals surface area contributed by atoms with E-state index in [2.05, 4.69) is 10.3 Å². The second-order valence-electron chi connectivity index (χ2n) is 4.32. The van der Waals surface area contributed by atoms with Crippen LogP contribution < -0.4 is 10.9 Å². The number of hydrogen-bond acceptors (Lipinski definition) is 3. The second kappa shape index (κ2) is 5.14. The van der Waals surface area contributed by atoms with Crippen LogP contribution in [0.3, 0.4) is 0 Å². The average molecular weight is 236 g/mol. The molecule has 1 aliphatic heterocycles. The van der Waals surface area contributed by atoms with Crippen LogP contribution in [-0.4, -0.2) is 29.6 Å². The van der Waals surface area contributed by atoms with Gasteiger partial charge in [0.1, 0.15) is 0 Å². The van der Waals surface area contributed by atoms with Crippen molar-refractivity contribution in [3.8, 4) is 0 Å². The smallest absolute Gasteiger partial charge is 0.252 e. The fraction of sp³-hybridized carbons (Fsp3) is 0.500. The minimum atomic E-state index is -0.207. The van der Waals surface area contributed by atoms with Crippen molar-refractivity contribution < 1.29 is 9.53 Å². The Morgan fingerprint density at radius 2 is 2.35 bits per heavy atom. The first-order valence-electron chi connectivity index (χ1n) is 5.76. The van der Waals surface area contributed by atoms with Crippen LogP contribution in [0.1, 0.15) is 30.1 Å². The summed E-state index contributed by atoms with van der Waals surface area (Å²) in [6.07, 6.45) is 3.28. The summed E-state index contributed by atoms with van der Waals surface area (Å²) in [5, 5.41) is 2.94. The van der Waals surface area contributed by atoms with Crippen LogP contribution in [0.2, 0.25) is 0 Å². The normalized spacial score (nSPS) is 24.3. The first kappa shape index (κ1) is 11.9. The number of H-pyrrole nitrogens is 1. The molecule has 5 heteroatoms. The van der Waals surface area contributed by atoms with E-state index in [-0.39, 0.29) is 23.6 Å². The third kappa shape index (κ3) is 3.17. The van der Waals surface area contributed by atoms with Gasteiger partial charge in [0.25, 0.3) is 5.91 Å². The summed E-state index contributed by atoms with van der Waals surface area (Å²) in [6.45, 7) is 2.68. The van der Waals surface area contributed by atoms with Crippen LogP contribution in [0.15, 0.2) is 23.1 Å². The van der Waals surface area contributed by atoms with Gasteiger partial charge in [0.15, 0.2) is 0 Å². The Kier molecular flexibility index (Phi) is 3.58. The molecule has 0 bridgehead atoms. The molecule has 2 atom stereocenters. The molecule has 5 nitrogen and oxygen atoms in total. The van der Waals surface area contributed by atoms with Crippen molar-refractivity contribution in [3.63, 3.8) is 0 Å². The van der Waals surface area contributed by atoms with E-state index in [1.807, 2.05) is 6.92 Å². The maximum Gasteiger partial charge on any atom is 0.252 e. The van der Waals surface area contributed by atoms with Crippen LogP contribution in [0.4, 0.5) is 0 Å². The van der Waals surface area contributed by atoms with Gasteiger partial charge in [0, 0.05) is 24.9 Å². The number of aromatic amines is 1. The van der Waals surface area contributed by atoms with Crippen molar-refractivity contribution in [2.75, 3.05) is 6.61 Å². The van der Waals surface area contributed by atoms with Crippen molar-refractivity contribution in [1.29, 1.82) is 0 Å². The zero-order valence-electron chi connectivity index (χ0n) is 9.73. The van der Waals surface area contributed by atoms with Gasteiger partial charge in [-0.1, -0.05) is 0 Å². The Morgan fingerprint density at radius 1 is 1.53 bits per heavy atom. The van der Waals surface area contributed by atoms with E-state index in [1.165, 1.54) is 18.3 Å². The SMILES string of the molecule is CC1CC(NC(=O)c2ccc(=O)[nH]c2)CCO1. The average Bonchev–Trinajstić information content (AvgIpc) is 2.29. The van der Waals surface area contributed by atoms with Gasteiger partial charge >= 0.3 is 0 Å². The summed E-state index contributed by atoms with van der Waals surface area (Å²) in [6, 6.07) is 3.02. The van der Waals surface area contributed by atoms with Crippen LogP contribution in [0, 0.1) is 0 Å². The van der Waals surface area contributed by atoms with Gasteiger partial charge in [0.05, 0.1) is 11.7 Å². The van der Waals surface area contributed by atoms with Crippen molar-refractivity contribution >= 4 is 5.91 Å². The number of nitrogens with one attached hydrogen (secondary N) is 2. The number of amides is 1. The van der Waals surface area contributed by atoms with Crippen molar-refractivity contribution in [3.05, 3.63) is 34.2 Å². The van der Waals surface area contributed by atoms with Gasteiger partial charge in [0.2, 0.25) is 5.56 Å². The molecule has 1 aromatic rings. The lowest BCUT2D eigenvalue weighted by molar-refractivity contribution is 0.0136. The van der Waals surface area contributed by atoms with Gasteiger partial charge in [-0.3, -0.25) is 9.59 Å². The summed E-state index contributed by atoms with van der Waals surface area (Å²) in [5.41, 5.74) is 0.269. The molecule has 0 radical (unpaired) electrons. The molecule has 2 unspecified atom stereocenters. The number of pyridine rings is 1. The molecule has 1 aliphatic rings. The molecule has 1 saturated heterocycles. The van der Waals surface area contributed by atoms with E-state index in [9.17, 15) is 9.59 Å². The zero-order chi connectivity index (χ0) is 12.3. The van der Waals surface area contributed by atoms with Crippen molar-refractivity contribution in [2.24, 2.45) is 0 Å². The number of carbonyl (C=O) groups is 1. The number of hydrogen-bond donors (Lipinski definition) is 2. The van der Waals surface area contributed by atoms with Gasteiger partial charge in [-0.25, -0.2) is 0 Å². The van der Waals surface area contributed by atoms with Crippen molar-refractivity contribution in [2.45, 2.75) is 31.9 Å². The maximum absolute atomic E-state index is 11.9. The minimum Gasteiger partial charge on any atom is -0.378 e. The third-order valence-corrected chi connectivity index (χ3v) is 2.87. The first-order chi connectivity index (χ1) is 8.15. The lowest BCUT2D eigenvalue weighted by Crippen LogP contribution is -2.41. The lowest BCUT2D eigenvalue weighted by atomic mass is 10.0. The van der Waals surface area contributed by atoms with E-state index < -0.39 is 0 Å². The summed E-state index contributed by atoms with van der Waals surface area (Å²) in [7, 11) is 0. The topological polar surface area (TPSA) is 71.2 Å². The molecule has 1 amide bonds. The van der Waals surface area contributed by atoms with E-state index in [1.54, 1.807) is 0 Å².